The lowest BCUT2D eigenvalue weighted by atomic mass is 10.1. The smallest absolute Gasteiger partial charge is 0.232 e. The number of carbonyl (C=O) groups is 1. The highest BCUT2D eigenvalue weighted by atomic mass is 35.7. The van der Waals surface area contributed by atoms with Crippen molar-refractivity contribution < 1.29 is 13.2 Å². The van der Waals surface area contributed by atoms with Crippen LogP contribution in [-0.4, -0.2) is 26.6 Å². The Hall–Kier alpha value is -1.07. The lowest BCUT2D eigenvalue weighted by molar-refractivity contribution is -0.117. The fourth-order valence-electron chi connectivity index (χ4n) is 2.88. The maximum atomic E-state index is 12.2. The van der Waals surface area contributed by atoms with Crippen LogP contribution in [0.3, 0.4) is 0 Å². The van der Waals surface area contributed by atoms with Crippen molar-refractivity contribution in [1.29, 1.82) is 0 Å². The van der Waals surface area contributed by atoms with E-state index >= 15 is 0 Å². The molecule has 4 nitrogen and oxygen atoms in total. The van der Waals surface area contributed by atoms with Gasteiger partial charge in [-0.05, 0) is 30.4 Å². The maximum Gasteiger partial charge on any atom is 0.232 e. The molecule has 2 fully saturated rings. The van der Waals surface area contributed by atoms with Gasteiger partial charge in [-0.1, -0.05) is 18.2 Å². The second kappa shape index (κ2) is 5.04. The minimum absolute atomic E-state index is 0.0107. The summed E-state index contributed by atoms with van der Waals surface area (Å²) in [6.45, 7) is 0.439. The number of hydrogen-bond acceptors (Lipinski definition) is 3. The number of benzene rings is 1. The van der Waals surface area contributed by atoms with E-state index in [0.29, 0.717) is 12.5 Å². The lowest BCUT2D eigenvalue weighted by Gasteiger charge is -2.20. The van der Waals surface area contributed by atoms with Gasteiger partial charge in [0.2, 0.25) is 15.0 Å². The zero-order valence-corrected chi connectivity index (χ0v) is 12.5. The van der Waals surface area contributed by atoms with Gasteiger partial charge in [0.15, 0.2) is 0 Å². The molecule has 1 heterocycles. The van der Waals surface area contributed by atoms with E-state index in [-0.39, 0.29) is 24.0 Å². The Morgan fingerprint density at radius 3 is 2.60 bits per heavy atom. The van der Waals surface area contributed by atoms with Gasteiger partial charge in [0, 0.05) is 35.3 Å². The summed E-state index contributed by atoms with van der Waals surface area (Å²) in [7, 11) is 1.73. The first-order valence-corrected chi connectivity index (χ1v) is 9.23. The molecule has 1 aromatic carbocycles. The van der Waals surface area contributed by atoms with Gasteiger partial charge in [0.25, 0.3) is 0 Å². The average Bonchev–Trinajstić information content (AvgIpc) is 3.13. The van der Waals surface area contributed by atoms with Crippen molar-refractivity contribution in [3.8, 4) is 0 Å². The van der Waals surface area contributed by atoms with Crippen molar-refractivity contribution in [2.24, 2.45) is 5.92 Å². The topological polar surface area (TPSA) is 54.5 Å². The monoisotopic (exact) mass is 313 g/mol. The Bertz CT molecular complexity index is 640. The highest BCUT2D eigenvalue weighted by Crippen LogP contribution is 2.45. The minimum Gasteiger partial charge on any atom is -0.312 e. The van der Waals surface area contributed by atoms with Crippen LogP contribution >= 0.6 is 10.7 Å². The number of carbonyl (C=O) groups excluding carboxylic acids is 1. The Morgan fingerprint density at radius 1 is 1.25 bits per heavy atom. The van der Waals surface area contributed by atoms with E-state index in [2.05, 4.69) is 6.07 Å². The summed E-state index contributed by atoms with van der Waals surface area (Å²) in [5.74, 6) is 0.193. The Labute approximate surface area is 123 Å². The van der Waals surface area contributed by atoms with Crippen LogP contribution in [0, 0.1) is 5.92 Å². The van der Waals surface area contributed by atoms with Gasteiger partial charge >= 0.3 is 0 Å². The van der Waals surface area contributed by atoms with E-state index in [1.54, 1.807) is 4.90 Å². The first kappa shape index (κ1) is 13.9. The van der Waals surface area contributed by atoms with Crippen LogP contribution in [0.25, 0.3) is 0 Å². The Balaban J connectivity index is 1.83. The zero-order chi connectivity index (χ0) is 14.3. The molecule has 1 aliphatic carbocycles. The summed E-state index contributed by atoms with van der Waals surface area (Å²) in [5.41, 5.74) is 2.14. The van der Waals surface area contributed by atoms with Crippen molar-refractivity contribution in [3.63, 3.8) is 0 Å². The van der Waals surface area contributed by atoms with Gasteiger partial charge in [-0.3, -0.25) is 4.79 Å². The van der Waals surface area contributed by atoms with Crippen molar-refractivity contribution in [3.05, 3.63) is 29.8 Å². The van der Waals surface area contributed by atoms with Crippen molar-refractivity contribution in [2.75, 3.05) is 17.2 Å². The molecule has 1 atom stereocenters. The number of anilines is 1. The summed E-state index contributed by atoms with van der Waals surface area (Å²) in [4.78, 5) is 13.9. The summed E-state index contributed by atoms with van der Waals surface area (Å²) in [6, 6.07) is 7.91. The van der Waals surface area contributed by atoms with E-state index in [1.165, 1.54) is 18.4 Å². The quantitative estimate of drug-likeness (QED) is 0.802. The summed E-state index contributed by atoms with van der Waals surface area (Å²) < 4.78 is 22.3. The minimum atomic E-state index is -3.56. The molecule has 1 amide bonds. The predicted octanol–water partition coefficient (Wildman–Crippen LogP) is 2.49. The SMILES string of the molecule is O=C1CC(CS(=O)(=O)Cl)CN1c1ccccc1C1CC1. The molecule has 20 heavy (non-hydrogen) atoms. The van der Waals surface area contributed by atoms with Crippen molar-refractivity contribution in [1.82, 2.24) is 0 Å². The molecule has 0 bridgehead atoms. The van der Waals surface area contributed by atoms with Gasteiger partial charge in [0.1, 0.15) is 0 Å². The molecule has 1 unspecified atom stereocenters. The van der Waals surface area contributed by atoms with E-state index in [4.69, 9.17) is 10.7 Å². The number of nitrogens with zero attached hydrogens (tertiary/aromatic N) is 1. The van der Waals surface area contributed by atoms with Gasteiger partial charge in [-0.2, -0.15) is 0 Å². The number of hydrogen-bond donors (Lipinski definition) is 0. The number of halogens is 1. The van der Waals surface area contributed by atoms with E-state index in [9.17, 15) is 13.2 Å². The Kier molecular flexibility index (Phi) is 3.50. The molecule has 6 heteroatoms. The molecule has 0 spiro atoms. The summed E-state index contributed by atoms with van der Waals surface area (Å²) in [5, 5.41) is 0. The molecule has 0 radical (unpaired) electrons. The molecular weight excluding hydrogens is 298 g/mol. The van der Waals surface area contributed by atoms with Gasteiger partial charge < -0.3 is 4.90 Å². The molecule has 1 aromatic rings. The molecule has 1 saturated carbocycles. The molecule has 0 N–H and O–H groups in total. The van der Waals surface area contributed by atoms with Gasteiger partial charge in [-0.25, -0.2) is 8.42 Å². The number of para-hydroxylation sites is 1. The molecular formula is C14H16ClNO3S. The predicted molar refractivity (Wildman–Crippen MR) is 78.5 cm³/mol. The highest BCUT2D eigenvalue weighted by Gasteiger charge is 2.36. The largest absolute Gasteiger partial charge is 0.312 e. The third-order valence-electron chi connectivity index (χ3n) is 3.88. The summed E-state index contributed by atoms with van der Waals surface area (Å²) >= 11 is 0. The molecule has 1 aliphatic heterocycles. The second-order valence-corrected chi connectivity index (χ2v) is 8.43. The average molecular weight is 314 g/mol. The van der Waals surface area contributed by atoms with Crippen LogP contribution in [0.5, 0.6) is 0 Å². The third-order valence-corrected chi connectivity index (χ3v) is 5.13. The maximum absolute atomic E-state index is 12.2. The summed E-state index contributed by atoms with van der Waals surface area (Å²) in [6.07, 6.45) is 2.59. The van der Waals surface area contributed by atoms with Crippen LogP contribution in [0.15, 0.2) is 24.3 Å². The van der Waals surface area contributed by atoms with Crippen molar-refractivity contribution in [2.45, 2.75) is 25.2 Å². The third kappa shape index (κ3) is 2.99. The molecule has 1 saturated heterocycles. The first-order valence-electron chi connectivity index (χ1n) is 6.75. The van der Waals surface area contributed by atoms with Crippen molar-refractivity contribution >= 4 is 31.3 Å². The molecule has 0 aromatic heterocycles. The standard InChI is InChI=1S/C14H16ClNO3S/c15-20(18,19)9-10-7-14(17)16(8-10)13-4-2-1-3-12(13)11-5-6-11/h1-4,10-11H,5-9H2. The lowest BCUT2D eigenvalue weighted by Crippen LogP contribution is -2.26. The number of amides is 1. The zero-order valence-electron chi connectivity index (χ0n) is 11.0. The second-order valence-electron chi connectivity index (χ2n) is 5.61. The first-order chi connectivity index (χ1) is 9.44. The molecule has 2 aliphatic rings. The van der Waals surface area contributed by atoms with Crippen LogP contribution in [-0.2, 0) is 13.8 Å². The van der Waals surface area contributed by atoms with Gasteiger partial charge in [0.05, 0.1) is 5.75 Å². The van der Waals surface area contributed by atoms with Crippen LogP contribution < -0.4 is 4.90 Å². The highest BCUT2D eigenvalue weighted by molar-refractivity contribution is 8.13. The van der Waals surface area contributed by atoms with E-state index in [1.807, 2.05) is 18.2 Å². The van der Waals surface area contributed by atoms with Crippen LogP contribution in [0.4, 0.5) is 5.69 Å². The van der Waals surface area contributed by atoms with Crippen LogP contribution in [0.1, 0.15) is 30.7 Å². The van der Waals surface area contributed by atoms with Gasteiger partial charge in [-0.15, -0.1) is 0 Å². The number of rotatable bonds is 4. The normalized spacial score (nSPS) is 23.4. The van der Waals surface area contributed by atoms with E-state index < -0.39 is 9.05 Å². The fourth-order valence-corrected chi connectivity index (χ4v) is 4.20. The molecule has 3 rings (SSSR count). The van der Waals surface area contributed by atoms with Crippen LogP contribution in [0.2, 0.25) is 0 Å². The molecule has 108 valence electrons. The fraction of sp³-hybridized carbons (Fsp3) is 0.500. The Morgan fingerprint density at radius 2 is 1.95 bits per heavy atom. The van der Waals surface area contributed by atoms with E-state index in [0.717, 1.165) is 5.69 Å².